The van der Waals surface area contributed by atoms with E-state index in [-0.39, 0.29) is 65.7 Å². The zero-order valence-electron chi connectivity index (χ0n) is 37.0. The van der Waals surface area contributed by atoms with Crippen molar-refractivity contribution in [3.8, 4) is 17.6 Å². The number of piperazine rings is 1. The minimum absolute atomic E-state index is 0.0647. The summed E-state index contributed by atoms with van der Waals surface area (Å²) in [6.45, 7) is 14.2. The average molecular weight is 908 g/mol. The Morgan fingerprint density at radius 2 is 1.62 bits per heavy atom. The lowest BCUT2D eigenvalue weighted by molar-refractivity contribution is -0.164. The Morgan fingerprint density at radius 1 is 0.908 bits per heavy atom. The Bertz CT molecular complexity index is 2550. The van der Waals surface area contributed by atoms with Crippen molar-refractivity contribution >= 4 is 51.8 Å². The lowest BCUT2D eigenvalue weighted by Gasteiger charge is -2.63. The number of likely N-dealkylation sites (tertiary alicyclic amines) is 1. The standard InChI is InChI=1S/C47H54ClN9O8/c1-46(2)44(47(3,4)45(46)65-34-10-7-30(27-49)36(48)26-34)51-41(60)29-5-8-31(9-6-29)55-21-19-54(20-22-55)23-24-63-32-15-17-56(18-16-32)40(59)28-64-33-11-12-37-35(25-33)43(62)57(53-52-37)38-13-14-39(58)50-42(38)61/h5-12,25-26,32,38,44-45H,13-24,28H2,1-4H3,(H,51,60)(H,50,58,61)/t38?,44-,45-. The highest BCUT2D eigenvalue weighted by molar-refractivity contribution is 6.31. The van der Waals surface area contributed by atoms with Crippen molar-refractivity contribution in [2.75, 3.05) is 63.9 Å². The fraction of sp³-hybridized carbons (Fsp3) is 0.489. The number of nitrogens with one attached hydrogen (secondary N) is 2. The van der Waals surface area contributed by atoms with Crippen molar-refractivity contribution in [3.05, 3.63) is 87.2 Å². The van der Waals surface area contributed by atoms with Gasteiger partial charge in [-0.1, -0.05) is 44.5 Å². The van der Waals surface area contributed by atoms with Crippen LogP contribution in [0.1, 0.15) is 75.3 Å². The van der Waals surface area contributed by atoms with Gasteiger partial charge in [0.2, 0.25) is 5.91 Å². The van der Waals surface area contributed by atoms with E-state index < -0.39 is 23.4 Å². The molecule has 1 unspecified atom stereocenters. The zero-order valence-corrected chi connectivity index (χ0v) is 37.8. The minimum atomic E-state index is -0.937. The smallest absolute Gasteiger partial charge is 0.278 e. The van der Waals surface area contributed by atoms with Crippen molar-refractivity contribution in [3.63, 3.8) is 0 Å². The van der Waals surface area contributed by atoms with Crippen LogP contribution in [0.25, 0.3) is 10.9 Å². The zero-order chi connectivity index (χ0) is 46.0. The molecule has 1 saturated carbocycles. The Balaban J connectivity index is 0.728. The van der Waals surface area contributed by atoms with E-state index in [1.54, 1.807) is 35.2 Å². The number of amides is 4. The maximum absolute atomic E-state index is 13.5. The highest BCUT2D eigenvalue weighted by Crippen LogP contribution is 2.55. The molecule has 4 aromatic rings. The molecule has 4 aliphatic rings. The SMILES string of the molecule is CC1(C)[C@H](NC(=O)c2ccc(N3CCN(CCOC4CCN(C(=O)COc5ccc6nnn(C7CCC(=O)NC7=O)c(=O)c6c5)CC4)CC3)cc2)C(C)(C)[C@H]1Oc1ccc(C#N)c(Cl)c1. The molecule has 0 spiro atoms. The Morgan fingerprint density at radius 3 is 2.29 bits per heavy atom. The first-order valence-corrected chi connectivity index (χ1v) is 22.5. The van der Waals surface area contributed by atoms with Gasteiger partial charge in [0.05, 0.1) is 28.7 Å². The van der Waals surface area contributed by atoms with Gasteiger partial charge in [0, 0.05) is 86.4 Å². The molecule has 3 aromatic carbocycles. The molecular formula is C47H54ClN9O8. The first kappa shape index (κ1) is 45.5. The third-order valence-corrected chi connectivity index (χ3v) is 13.7. The molecule has 1 atom stereocenters. The molecule has 0 radical (unpaired) electrons. The highest BCUT2D eigenvalue weighted by Gasteiger charge is 2.64. The van der Waals surface area contributed by atoms with Crippen molar-refractivity contribution in [2.24, 2.45) is 10.8 Å². The van der Waals surface area contributed by atoms with E-state index in [0.717, 1.165) is 55.9 Å². The first-order chi connectivity index (χ1) is 31.1. The Kier molecular flexibility index (Phi) is 13.1. The fourth-order valence-electron chi connectivity index (χ4n) is 9.96. The number of carbonyl (C=O) groups is 4. The predicted octanol–water partition coefficient (Wildman–Crippen LogP) is 4.11. The van der Waals surface area contributed by atoms with E-state index in [4.69, 9.17) is 25.8 Å². The number of halogens is 1. The van der Waals surface area contributed by atoms with Crippen molar-refractivity contribution in [1.82, 2.24) is 35.4 Å². The summed E-state index contributed by atoms with van der Waals surface area (Å²) < 4.78 is 19.4. The predicted molar refractivity (Wildman–Crippen MR) is 241 cm³/mol. The second-order valence-electron chi connectivity index (χ2n) is 18.4. The average Bonchev–Trinajstić information content (AvgIpc) is 3.30. The molecule has 4 fully saturated rings. The molecule has 4 amide bonds. The molecule has 3 saturated heterocycles. The molecule has 2 N–H and O–H groups in total. The second kappa shape index (κ2) is 18.8. The van der Waals surface area contributed by atoms with Crippen molar-refractivity contribution in [2.45, 2.75) is 77.7 Å². The highest BCUT2D eigenvalue weighted by atomic mass is 35.5. The number of hydrogen-bond acceptors (Lipinski definition) is 13. The number of benzene rings is 3. The number of ether oxygens (including phenoxy) is 3. The van der Waals surface area contributed by atoms with E-state index in [2.05, 4.69) is 64.5 Å². The van der Waals surface area contributed by atoms with Crippen LogP contribution in [0.4, 0.5) is 5.69 Å². The summed E-state index contributed by atoms with van der Waals surface area (Å²) in [6.07, 6.45) is 1.57. The quantitative estimate of drug-likeness (QED) is 0.182. The van der Waals surface area contributed by atoms with Gasteiger partial charge in [0.1, 0.15) is 35.2 Å². The van der Waals surface area contributed by atoms with E-state index in [0.29, 0.717) is 52.9 Å². The summed E-state index contributed by atoms with van der Waals surface area (Å²) >= 11 is 6.25. The van der Waals surface area contributed by atoms with Crippen LogP contribution >= 0.6 is 11.6 Å². The van der Waals surface area contributed by atoms with Crippen LogP contribution < -0.4 is 30.6 Å². The molecule has 18 heteroatoms. The number of aromatic nitrogens is 3. The van der Waals surface area contributed by atoms with Gasteiger partial charge in [0.25, 0.3) is 23.3 Å². The van der Waals surface area contributed by atoms with Crippen molar-refractivity contribution < 1.29 is 33.4 Å². The van der Waals surface area contributed by atoms with E-state index in [1.807, 2.05) is 24.3 Å². The summed E-state index contributed by atoms with van der Waals surface area (Å²) in [4.78, 5) is 70.2. The fourth-order valence-corrected chi connectivity index (χ4v) is 10.2. The van der Waals surface area contributed by atoms with Crippen LogP contribution in [0, 0.1) is 22.2 Å². The van der Waals surface area contributed by atoms with Gasteiger partial charge >= 0.3 is 0 Å². The van der Waals surface area contributed by atoms with Gasteiger partial charge in [0.15, 0.2) is 6.61 Å². The topological polar surface area (TPSA) is 201 Å². The summed E-state index contributed by atoms with van der Waals surface area (Å²) in [5.74, 6) is -0.376. The molecule has 3 aliphatic heterocycles. The van der Waals surface area contributed by atoms with Crippen LogP contribution in [-0.4, -0.2) is 126 Å². The number of anilines is 1. The Labute approximate surface area is 381 Å². The van der Waals surface area contributed by atoms with E-state index in [1.165, 1.54) is 6.07 Å². The summed E-state index contributed by atoms with van der Waals surface area (Å²) in [5, 5.41) is 23.2. The van der Waals surface area contributed by atoms with Gasteiger partial charge in [-0.15, -0.1) is 5.10 Å². The van der Waals surface area contributed by atoms with Crippen LogP contribution in [0.5, 0.6) is 11.5 Å². The maximum Gasteiger partial charge on any atom is 0.278 e. The number of imide groups is 1. The van der Waals surface area contributed by atoms with E-state index in [9.17, 15) is 29.2 Å². The van der Waals surface area contributed by atoms with E-state index >= 15 is 0 Å². The van der Waals surface area contributed by atoms with Crippen LogP contribution in [0.15, 0.2) is 65.5 Å². The molecule has 1 aliphatic carbocycles. The number of rotatable bonds is 13. The third kappa shape index (κ3) is 9.66. The van der Waals surface area contributed by atoms with Gasteiger partial charge in [-0.2, -0.15) is 9.94 Å². The minimum Gasteiger partial charge on any atom is -0.489 e. The normalized spacial score (nSPS) is 22.1. The third-order valence-electron chi connectivity index (χ3n) is 13.4. The number of nitriles is 1. The van der Waals surface area contributed by atoms with Crippen molar-refractivity contribution in [1.29, 1.82) is 5.26 Å². The molecular weight excluding hydrogens is 854 g/mol. The molecule has 0 bridgehead atoms. The molecule has 65 heavy (non-hydrogen) atoms. The molecule has 4 heterocycles. The lowest BCUT2D eigenvalue weighted by Crippen LogP contribution is -2.74. The maximum atomic E-state index is 13.5. The molecule has 8 rings (SSSR count). The monoisotopic (exact) mass is 907 g/mol. The van der Waals surface area contributed by atoms with Crippen LogP contribution in [0.2, 0.25) is 5.02 Å². The summed E-state index contributed by atoms with van der Waals surface area (Å²) in [6, 6.07) is 18.5. The molecule has 17 nitrogen and oxygen atoms in total. The molecule has 1 aromatic heterocycles. The first-order valence-electron chi connectivity index (χ1n) is 22.1. The van der Waals surface area contributed by atoms with Crippen LogP contribution in [-0.2, 0) is 19.1 Å². The van der Waals surface area contributed by atoms with Gasteiger partial charge in [-0.25, -0.2) is 0 Å². The number of nitrogens with zero attached hydrogens (tertiary/aromatic N) is 7. The van der Waals surface area contributed by atoms with Gasteiger partial charge in [-0.3, -0.25) is 34.2 Å². The summed E-state index contributed by atoms with van der Waals surface area (Å²) in [5.41, 5.74) is 1.13. The molecule has 342 valence electrons. The largest absolute Gasteiger partial charge is 0.489 e. The lowest BCUT2D eigenvalue weighted by atomic mass is 9.49. The van der Waals surface area contributed by atoms with Gasteiger partial charge < -0.3 is 29.3 Å². The van der Waals surface area contributed by atoms with Crippen LogP contribution in [0.3, 0.4) is 0 Å². The Hall–Kier alpha value is -6.09. The van der Waals surface area contributed by atoms with Gasteiger partial charge in [-0.05, 0) is 73.9 Å². The number of fused-ring (bicyclic) bond motifs is 1. The number of hydrogen-bond donors (Lipinski definition) is 2. The second-order valence-corrected chi connectivity index (χ2v) is 18.8. The number of piperidine rings is 2. The number of carbonyl (C=O) groups excluding carboxylic acids is 4. The summed E-state index contributed by atoms with van der Waals surface area (Å²) in [7, 11) is 0.